The van der Waals surface area contributed by atoms with Crippen LogP contribution in [-0.4, -0.2) is 66.7 Å². The molecule has 1 amide bonds. The van der Waals surface area contributed by atoms with Gasteiger partial charge < -0.3 is 25.2 Å². The molecule has 4 aromatic rings. The lowest BCUT2D eigenvalue weighted by Gasteiger charge is -2.29. The van der Waals surface area contributed by atoms with Gasteiger partial charge in [0.1, 0.15) is 29.9 Å². The van der Waals surface area contributed by atoms with Crippen LogP contribution < -0.4 is 15.4 Å². The molecule has 2 aromatic heterocycles. The minimum Gasteiger partial charge on any atom is -0.493 e. The van der Waals surface area contributed by atoms with Gasteiger partial charge in [0.15, 0.2) is 5.82 Å². The molecule has 0 aliphatic heterocycles. The minimum atomic E-state index is -4.58. The SMILES string of the molecule is CCC(OP(=O)(O)O)N(CC)CCCOc1ccc2c(Nc3cc(CC(=O)Nc4cccc(F)c4)[nH]n3)ncnc2c1. The number of halogens is 1. The number of hydrogen-bond acceptors (Lipinski definition) is 9. The zero-order chi connectivity index (χ0) is 30.1. The van der Waals surface area contributed by atoms with Crippen molar-refractivity contribution in [2.75, 3.05) is 30.3 Å². The fourth-order valence-corrected chi connectivity index (χ4v) is 4.93. The lowest BCUT2D eigenvalue weighted by molar-refractivity contribution is -0.115. The van der Waals surface area contributed by atoms with Crippen molar-refractivity contribution in [3.63, 3.8) is 0 Å². The van der Waals surface area contributed by atoms with E-state index in [1.807, 2.05) is 17.9 Å². The number of fused-ring (bicyclic) bond motifs is 1. The molecule has 0 fully saturated rings. The van der Waals surface area contributed by atoms with E-state index in [9.17, 15) is 13.8 Å². The van der Waals surface area contributed by atoms with Gasteiger partial charge in [-0.05, 0) is 49.7 Å². The number of aromatic nitrogens is 4. The molecule has 2 aromatic carbocycles. The van der Waals surface area contributed by atoms with Crippen molar-refractivity contribution in [1.29, 1.82) is 0 Å². The van der Waals surface area contributed by atoms with Gasteiger partial charge in [0.05, 0.1) is 18.5 Å². The Labute approximate surface area is 241 Å². The number of nitrogens with zero attached hydrogens (tertiary/aromatic N) is 4. The summed E-state index contributed by atoms with van der Waals surface area (Å²) in [7, 11) is -4.58. The van der Waals surface area contributed by atoms with Gasteiger partial charge in [-0.25, -0.2) is 18.9 Å². The van der Waals surface area contributed by atoms with Crippen LogP contribution in [0, 0.1) is 5.82 Å². The number of hydrogen-bond donors (Lipinski definition) is 5. The van der Waals surface area contributed by atoms with Crippen molar-refractivity contribution in [3.8, 4) is 5.75 Å². The summed E-state index contributed by atoms with van der Waals surface area (Å²) < 4.78 is 35.4. The van der Waals surface area contributed by atoms with Gasteiger partial charge in [0.25, 0.3) is 0 Å². The van der Waals surface area contributed by atoms with Gasteiger partial charge in [0, 0.05) is 35.4 Å². The highest BCUT2D eigenvalue weighted by atomic mass is 31.2. The zero-order valence-electron chi connectivity index (χ0n) is 23.2. The molecule has 0 radical (unpaired) electrons. The summed E-state index contributed by atoms with van der Waals surface area (Å²) in [6.45, 7) is 5.20. The predicted molar refractivity (Wildman–Crippen MR) is 155 cm³/mol. The van der Waals surface area contributed by atoms with Gasteiger partial charge in [0.2, 0.25) is 5.91 Å². The first kappa shape index (κ1) is 31.0. The Hall–Kier alpha value is -3.94. The molecule has 0 spiro atoms. The summed E-state index contributed by atoms with van der Waals surface area (Å²) in [6.07, 6.45) is 1.81. The normalized spacial score (nSPS) is 12.4. The number of amides is 1. The summed E-state index contributed by atoms with van der Waals surface area (Å²) in [6, 6.07) is 12.8. The number of phosphoric ester groups is 1. The van der Waals surface area contributed by atoms with E-state index >= 15 is 0 Å². The lowest BCUT2D eigenvalue weighted by atomic mass is 10.2. The molecule has 0 saturated carbocycles. The summed E-state index contributed by atoms with van der Waals surface area (Å²) in [5.74, 6) is 0.826. The van der Waals surface area contributed by atoms with Crippen LogP contribution in [0.5, 0.6) is 5.75 Å². The maximum atomic E-state index is 13.4. The van der Waals surface area contributed by atoms with Crippen LogP contribution in [0.3, 0.4) is 0 Å². The number of anilines is 3. The number of H-pyrrole nitrogens is 1. The molecule has 2 heterocycles. The molecule has 0 saturated heterocycles. The molecule has 0 aliphatic carbocycles. The quantitative estimate of drug-likeness (QED) is 0.0744. The number of ether oxygens (including phenoxy) is 1. The summed E-state index contributed by atoms with van der Waals surface area (Å²) in [5, 5.41) is 13.5. The topological polar surface area (TPSA) is 175 Å². The van der Waals surface area contributed by atoms with E-state index in [-0.39, 0.29) is 12.3 Å². The van der Waals surface area contributed by atoms with E-state index in [1.165, 1.54) is 24.5 Å². The van der Waals surface area contributed by atoms with Crippen molar-refractivity contribution >= 4 is 42.0 Å². The van der Waals surface area contributed by atoms with Crippen LogP contribution in [0.1, 0.15) is 32.4 Å². The Morgan fingerprint density at radius 1 is 1.17 bits per heavy atom. The lowest BCUT2D eigenvalue weighted by Crippen LogP contribution is -2.37. The molecule has 224 valence electrons. The predicted octanol–water partition coefficient (Wildman–Crippen LogP) is 4.35. The third kappa shape index (κ3) is 9.03. The van der Waals surface area contributed by atoms with E-state index in [4.69, 9.17) is 19.0 Å². The van der Waals surface area contributed by atoms with E-state index in [0.29, 0.717) is 66.8 Å². The Morgan fingerprint density at radius 2 is 2.00 bits per heavy atom. The average Bonchev–Trinajstić information content (AvgIpc) is 3.37. The highest BCUT2D eigenvalue weighted by Crippen LogP contribution is 2.39. The Balaban J connectivity index is 1.31. The highest BCUT2D eigenvalue weighted by Gasteiger charge is 2.25. The first-order valence-corrected chi connectivity index (χ1v) is 14.9. The number of carbonyl (C=O) groups is 1. The van der Waals surface area contributed by atoms with Crippen LogP contribution in [0.4, 0.5) is 21.7 Å². The molecule has 0 bridgehead atoms. The van der Waals surface area contributed by atoms with E-state index in [0.717, 1.165) is 5.39 Å². The van der Waals surface area contributed by atoms with Gasteiger partial charge in [-0.15, -0.1) is 0 Å². The van der Waals surface area contributed by atoms with Crippen molar-refractivity contribution in [1.82, 2.24) is 25.1 Å². The van der Waals surface area contributed by atoms with Crippen LogP contribution in [0.2, 0.25) is 0 Å². The van der Waals surface area contributed by atoms with Crippen LogP contribution >= 0.6 is 7.82 Å². The van der Waals surface area contributed by atoms with Gasteiger partial charge >= 0.3 is 7.82 Å². The van der Waals surface area contributed by atoms with Crippen molar-refractivity contribution in [3.05, 3.63) is 66.4 Å². The Morgan fingerprint density at radius 3 is 2.74 bits per heavy atom. The molecular formula is C27H33FN7O6P. The number of aromatic amines is 1. The second kappa shape index (κ2) is 14.3. The minimum absolute atomic E-state index is 0.0161. The standard InChI is InChI=1S/C27H33FN7O6P/c1-3-26(41-42(37,38)39)35(4-2)11-6-12-40-21-9-10-22-23(16-21)29-17-30-27(22)32-24-14-20(33-34-24)15-25(36)31-19-8-5-7-18(28)13-19/h5,7-10,13-14,16-17,26H,3-4,6,11-12,15H2,1-2H3,(H,31,36)(H2,37,38,39)(H2,29,30,32,33,34). The molecule has 15 heteroatoms. The van der Waals surface area contributed by atoms with Crippen LogP contribution in [0.15, 0.2) is 54.9 Å². The fourth-order valence-electron chi connectivity index (χ4n) is 4.33. The van der Waals surface area contributed by atoms with Crippen molar-refractivity contribution < 1.29 is 32.8 Å². The zero-order valence-corrected chi connectivity index (χ0v) is 24.1. The monoisotopic (exact) mass is 601 g/mol. The third-order valence-electron chi connectivity index (χ3n) is 6.22. The molecule has 42 heavy (non-hydrogen) atoms. The van der Waals surface area contributed by atoms with E-state index < -0.39 is 19.9 Å². The Kier molecular flexibility index (Phi) is 10.6. The van der Waals surface area contributed by atoms with E-state index in [1.54, 1.807) is 31.2 Å². The molecule has 13 nitrogen and oxygen atoms in total. The molecule has 1 atom stereocenters. The summed E-state index contributed by atoms with van der Waals surface area (Å²) in [5.41, 5.74) is 1.57. The summed E-state index contributed by atoms with van der Waals surface area (Å²) in [4.78, 5) is 41.1. The van der Waals surface area contributed by atoms with Crippen molar-refractivity contribution in [2.24, 2.45) is 0 Å². The maximum Gasteiger partial charge on any atom is 0.471 e. The maximum absolute atomic E-state index is 13.4. The fraction of sp³-hybridized carbons (Fsp3) is 0.333. The third-order valence-corrected chi connectivity index (χ3v) is 6.74. The van der Waals surface area contributed by atoms with Crippen LogP contribution in [-0.2, 0) is 20.3 Å². The number of nitrogens with one attached hydrogen (secondary N) is 3. The number of carbonyl (C=O) groups excluding carboxylic acids is 1. The van der Waals surface area contributed by atoms with Gasteiger partial charge in [-0.3, -0.25) is 19.3 Å². The number of rotatable bonds is 15. The average molecular weight is 602 g/mol. The first-order chi connectivity index (χ1) is 20.1. The second-order valence-corrected chi connectivity index (χ2v) is 10.5. The second-order valence-electron chi connectivity index (χ2n) is 9.33. The van der Waals surface area contributed by atoms with Gasteiger partial charge in [-0.1, -0.05) is 19.9 Å². The molecule has 0 aliphatic rings. The molecule has 5 N–H and O–H groups in total. The largest absolute Gasteiger partial charge is 0.493 e. The van der Waals surface area contributed by atoms with Crippen LogP contribution in [0.25, 0.3) is 10.9 Å². The van der Waals surface area contributed by atoms with Gasteiger partial charge in [-0.2, -0.15) is 5.10 Å². The molecule has 1 unspecified atom stereocenters. The first-order valence-electron chi connectivity index (χ1n) is 13.4. The van der Waals surface area contributed by atoms with E-state index in [2.05, 4.69) is 30.8 Å². The molecular weight excluding hydrogens is 568 g/mol. The number of phosphoric acid groups is 1. The summed E-state index contributed by atoms with van der Waals surface area (Å²) >= 11 is 0. The highest BCUT2D eigenvalue weighted by molar-refractivity contribution is 7.46. The Bertz CT molecular complexity index is 1550. The molecule has 4 rings (SSSR count). The van der Waals surface area contributed by atoms with Crippen molar-refractivity contribution in [2.45, 2.75) is 39.3 Å². The smallest absolute Gasteiger partial charge is 0.471 e. The number of benzene rings is 2.